The molecule has 2 rings (SSSR count). The molecule has 0 saturated carbocycles. The SMILES string of the molecule is CC(C)n1c(-c2cccs2)cc(=O)[nH]c1=O. The van der Waals surface area contributed by atoms with Crippen molar-refractivity contribution in [2.75, 3.05) is 0 Å². The minimum absolute atomic E-state index is 0.0152. The smallest absolute Gasteiger partial charge is 0.290 e. The molecule has 0 unspecified atom stereocenters. The Morgan fingerprint density at radius 2 is 2.12 bits per heavy atom. The summed E-state index contributed by atoms with van der Waals surface area (Å²) in [5.41, 5.74) is -0.0325. The highest BCUT2D eigenvalue weighted by Gasteiger charge is 2.11. The second-order valence-electron chi connectivity index (χ2n) is 3.77. The van der Waals surface area contributed by atoms with Crippen LogP contribution in [0.2, 0.25) is 0 Å². The molecule has 84 valence electrons. The summed E-state index contributed by atoms with van der Waals surface area (Å²) >= 11 is 1.51. The van der Waals surface area contributed by atoms with Crippen molar-refractivity contribution >= 4 is 11.3 Å². The van der Waals surface area contributed by atoms with Gasteiger partial charge in [0.15, 0.2) is 0 Å². The van der Waals surface area contributed by atoms with E-state index in [9.17, 15) is 9.59 Å². The maximum atomic E-state index is 11.7. The molecular formula is C11H12N2O2S. The van der Waals surface area contributed by atoms with Gasteiger partial charge in [0.25, 0.3) is 5.56 Å². The van der Waals surface area contributed by atoms with E-state index in [1.165, 1.54) is 17.4 Å². The summed E-state index contributed by atoms with van der Waals surface area (Å²) in [5, 5.41) is 1.92. The average molecular weight is 236 g/mol. The van der Waals surface area contributed by atoms with Crippen LogP contribution in [0.4, 0.5) is 0 Å². The molecule has 0 bridgehead atoms. The van der Waals surface area contributed by atoms with Gasteiger partial charge in [-0.15, -0.1) is 11.3 Å². The lowest BCUT2D eigenvalue weighted by Crippen LogP contribution is -2.31. The minimum atomic E-state index is -0.356. The van der Waals surface area contributed by atoms with Crippen molar-refractivity contribution in [1.29, 1.82) is 0 Å². The number of hydrogen-bond acceptors (Lipinski definition) is 3. The fourth-order valence-electron chi connectivity index (χ4n) is 1.63. The maximum absolute atomic E-state index is 11.7. The van der Waals surface area contributed by atoms with E-state index in [2.05, 4.69) is 4.98 Å². The molecule has 2 aromatic rings. The van der Waals surface area contributed by atoms with E-state index in [1.807, 2.05) is 31.4 Å². The van der Waals surface area contributed by atoms with Gasteiger partial charge in [0.2, 0.25) is 0 Å². The third-order valence-electron chi connectivity index (χ3n) is 2.27. The average Bonchev–Trinajstić information content (AvgIpc) is 2.67. The Morgan fingerprint density at radius 1 is 1.38 bits per heavy atom. The molecule has 2 aromatic heterocycles. The Kier molecular flexibility index (Phi) is 2.78. The maximum Gasteiger partial charge on any atom is 0.329 e. The van der Waals surface area contributed by atoms with Crippen LogP contribution in [0, 0.1) is 0 Å². The van der Waals surface area contributed by atoms with Crippen LogP contribution in [0.1, 0.15) is 19.9 Å². The van der Waals surface area contributed by atoms with Gasteiger partial charge in [0.05, 0.1) is 10.6 Å². The van der Waals surface area contributed by atoms with Crippen molar-refractivity contribution in [3.05, 3.63) is 44.4 Å². The fourth-order valence-corrected chi connectivity index (χ4v) is 2.37. The molecular weight excluding hydrogens is 224 g/mol. The summed E-state index contributed by atoms with van der Waals surface area (Å²) in [4.78, 5) is 26.2. The number of nitrogens with zero attached hydrogens (tertiary/aromatic N) is 1. The lowest BCUT2D eigenvalue weighted by atomic mass is 10.3. The fraction of sp³-hybridized carbons (Fsp3) is 0.273. The van der Waals surface area contributed by atoms with Gasteiger partial charge in [-0.05, 0) is 25.3 Å². The molecule has 0 aliphatic carbocycles. The molecule has 0 saturated heterocycles. The van der Waals surface area contributed by atoms with Gasteiger partial charge in [-0.2, -0.15) is 0 Å². The number of H-pyrrole nitrogens is 1. The lowest BCUT2D eigenvalue weighted by Gasteiger charge is -2.13. The van der Waals surface area contributed by atoms with E-state index < -0.39 is 0 Å². The number of nitrogens with one attached hydrogen (secondary N) is 1. The lowest BCUT2D eigenvalue weighted by molar-refractivity contribution is 0.568. The molecule has 16 heavy (non-hydrogen) atoms. The predicted molar refractivity (Wildman–Crippen MR) is 65.0 cm³/mol. The zero-order valence-electron chi connectivity index (χ0n) is 9.06. The summed E-state index contributed by atoms with van der Waals surface area (Å²) in [6, 6.07) is 5.28. The van der Waals surface area contributed by atoms with Crippen molar-refractivity contribution in [1.82, 2.24) is 9.55 Å². The number of hydrogen-bond donors (Lipinski definition) is 1. The summed E-state index contributed by atoms with van der Waals surface area (Å²) in [5.74, 6) is 0. The zero-order valence-corrected chi connectivity index (χ0v) is 9.88. The number of thiophene rings is 1. The van der Waals surface area contributed by atoms with E-state index in [0.717, 1.165) is 4.88 Å². The third kappa shape index (κ3) is 1.86. The van der Waals surface area contributed by atoms with Crippen molar-refractivity contribution in [2.45, 2.75) is 19.9 Å². The molecule has 4 nitrogen and oxygen atoms in total. The number of aromatic amines is 1. The van der Waals surface area contributed by atoms with E-state index in [1.54, 1.807) is 4.57 Å². The highest BCUT2D eigenvalue weighted by atomic mass is 32.1. The largest absolute Gasteiger partial charge is 0.329 e. The Morgan fingerprint density at radius 3 is 2.69 bits per heavy atom. The minimum Gasteiger partial charge on any atom is -0.290 e. The van der Waals surface area contributed by atoms with Crippen molar-refractivity contribution in [2.24, 2.45) is 0 Å². The van der Waals surface area contributed by atoms with Crippen LogP contribution in [0.25, 0.3) is 10.6 Å². The van der Waals surface area contributed by atoms with Crippen LogP contribution >= 0.6 is 11.3 Å². The molecule has 0 amide bonds. The van der Waals surface area contributed by atoms with E-state index in [-0.39, 0.29) is 17.3 Å². The molecule has 0 aliphatic rings. The van der Waals surface area contributed by atoms with Gasteiger partial charge in [0, 0.05) is 12.1 Å². The molecule has 0 aliphatic heterocycles. The van der Waals surface area contributed by atoms with Gasteiger partial charge in [-0.3, -0.25) is 14.3 Å². The first-order chi connectivity index (χ1) is 7.59. The number of aromatic nitrogens is 2. The number of rotatable bonds is 2. The van der Waals surface area contributed by atoms with Gasteiger partial charge in [-0.1, -0.05) is 6.07 Å². The molecule has 0 fully saturated rings. The molecule has 0 aromatic carbocycles. The normalized spacial score (nSPS) is 10.9. The van der Waals surface area contributed by atoms with Crippen LogP contribution in [-0.2, 0) is 0 Å². The predicted octanol–water partition coefficient (Wildman–Crippen LogP) is 1.85. The van der Waals surface area contributed by atoms with Gasteiger partial charge < -0.3 is 0 Å². The first-order valence-electron chi connectivity index (χ1n) is 4.99. The second-order valence-corrected chi connectivity index (χ2v) is 4.71. The summed E-state index contributed by atoms with van der Waals surface area (Å²) in [6.07, 6.45) is 0. The summed E-state index contributed by atoms with van der Waals surface area (Å²) in [7, 11) is 0. The van der Waals surface area contributed by atoms with E-state index in [0.29, 0.717) is 5.69 Å². The second kappa shape index (κ2) is 4.09. The molecule has 0 radical (unpaired) electrons. The van der Waals surface area contributed by atoms with Crippen LogP contribution in [0.5, 0.6) is 0 Å². The molecule has 0 atom stereocenters. The molecule has 1 N–H and O–H groups in total. The van der Waals surface area contributed by atoms with E-state index in [4.69, 9.17) is 0 Å². The van der Waals surface area contributed by atoms with E-state index >= 15 is 0 Å². The first-order valence-corrected chi connectivity index (χ1v) is 5.87. The van der Waals surface area contributed by atoms with Gasteiger partial charge in [0.1, 0.15) is 0 Å². The van der Waals surface area contributed by atoms with Crippen LogP contribution in [0.15, 0.2) is 33.2 Å². The van der Waals surface area contributed by atoms with Gasteiger partial charge in [-0.25, -0.2) is 4.79 Å². The highest BCUT2D eigenvalue weighted by molar-refractivity contribution is 7.13. The Labute approximate surface area is 96.2 Å². The van der Waals surface area contributed by atoms with Crippen LogP contribution in [0.3, 0.4) is 0 Å². The molecule has 5 heteroatoms. The Hall–Kier alpha value is -1.62. The summed E-state index contributed by atoms with van der Waals surface area (Å²) < 4.78 is 1.59. The topological polar surface area (TPSA) is 54.9 Å². The van der Waals surface area contributed by atoms with Gasteiger partial charge >= 0.3 is 5.69 Å². The van der Waals surface area contributed by atoms with Crippen molar-refractivity contribution < 1.29 is 0 Å². The third-order valence-corrected chi connectivity index (χ3v) is 3.16. The molecule has 0 spiro atoms. The van der Waals surface area contributed by atoms with Crippen LogP contribution < -0.4 is 11.2 Å². The Balaban J connectivity index is 2.78. The standard InChI is InChI=1S/C11H12N2O2S/c1-7(2)13-8(9-4-3-5-16-9)6-10(14)12-11(13)15/h3-7H,1-2H3,(H,12,14,15). The van der Waals surface area contributed by atoms with Crippen LogP contribution in [-0.4, -0.2) is 9.55 Å². The quantitative estimate of drug-likeness (QED) is 0.865. The summed E-state index contributed by atoms with van der Waals surface area (Å²) in [6.45, 7) is 3.83. The monoisotopic (exact) mass is 236 g/mol. The molecule has 2 heterocycles. The van der Waals surface area contributed by atoms with Crippen molar-refractivity contribution in [3.8, 4) is 10.6 Å². The first kappa shape index (κ1) is 10.9. The Bertz CT molecular complexity index is 593. The highest BCUT2D eigenvalue weighted by Crippen LogP contribution is 2.24. The zero-order chi connectivity index (χ0) is 11.7. The van der Waals surface area contributed by atoms with Crippen molar-refractivity contribution in [3.63, 3.8) is 0 Å².